The summed E-state index contributed by atoms with van der Waals surface area (Å²) < 4.78 is 13.6. The first-order valence-corrected chi connectivity index (χ1v) is 7.90. The standard InChI is InChI=1S/C17H21FN2O2/c1-2-19-9-13-10-20(11-14(13)17(19)22)16(21)8-7-12-5-3-4-6-15(12)18/h3-6,13-14H,2,7-11H2,1H3/t13-,14+/m1/s1. The molecule has 0 aliphatic carbocycles. The maximum Gasteiger partial charge on any atom is 0.227 e. The number of nitrogens with zero attached hydrogens (tertiary/aromatic N) is 2. The second-order valence-corrected chi connectivity index (χ2v) is 6.13. The normalized spacial score (nSPS) is 24.0. The summed E-state index contributed by atoms with van der Waals surface area (Å²) in [4.78, 5) is 28.1. The van der Waals surface area contributed by atoms with Gasteiger partial charge in [-0.05, 0) is 25.0 Å². The third-order valence-electron chi connectivity index (χ3n) is 4.83. The lowest BCUT2D eigenvalue weighted by atomic mass is 10.0. The van der Waals surface area contributed by atoms with E-state index in [-0.39, 0.29) is 29.5 Å². The molecule has 0 aromatic heterocycles. The summed E-state index contributed by atoms with van der Waals surface area (Å²) >= 11 is 0. The lowest BCUT2D eigenvalue weighted by Gasteiger charge is -2.21. The second kappa shape index (κ2) is 6.07. The second-order valence-electron chi connectivity index (χ2n) is 6.13. The van der Waals surface area contributed by atoms with Gasteiger partial charge >= 0.3 is 0 Å². The largest absolute Gasteiger partial charge is 0.342 e. The molecule has 22 heavy (non-hydrogen) atoms. The van der Waals surface area contributed by atoms with Gasteiger partial charge in [-0.1, -0.05) is 18.2 Å². The third kappa shape index (κ3) is 2.72. The highest BCUT2D eigenvalue weighted by Crippen LogP contribution is 2.32. The summed E-state index contributed by atoms with van der Waals surface area (Å²) in [5.74, 6) is 0.176. The molecule has 0 bridgehead atoms. The molecule has 1 aromatic carbocycles. The Kier molecular flexibility index (Phi) is 4.14. The topological polar surface area (TPSA) is 40.6 Å². The van der Waals surface area contributed by atoms with Crippen molar-refractivity contribution in [2.24, 2.45) is 11.8 Å². The molecule has 2 aliphatic rings. The van der Waals surface area contributed by atoms with Crippen molar-refractivity contribution < 1.29 is 14.0 Å². The minimum absolute atomic E-state index is 0.0218. The van der Waals surface area contributed by atoms with Crippen LogP contribution >= 0.6 is 0 Å². The number of hydrogen-bond acceptors (Lipinski definition) is 2. The Labute approximate surface area is 129 Å². The van der Waals surface area contributed by atoms with E-state index in [1.807, 2.05) is 11.8 Å². The molecule has 2 heterocycles. The van der Waals surface area contributed by atoms with Gasteiger partial charge < -0.3 is 9.80 Å². The number of fused-ring (bicyclic) bond motifs is 1. The molecule has 3 rings (SSSR count). The lowest BCUT2D eigenvalue weighted by molar-refractivity contribution is -0.133. The first-order valence-electron chi connectivity index (χ1n) is 7.90. The van der Waals surface area contributed by atoms with Gasteiger partial charge in [-0.3, -0.25) is 9.59 Å². The van der Waals surface area contributed by atoms with Crippen molar-refractivity contribution in [3.05, 3.63) is 35.6 Å². The van der Waals surface area contributed by atoms with Crippen LogP contribution < -0.4 is 0 Å². The molecule has 0 radical (unpaired) electrons. The Bertz CT molecular complexity index is 590. The van der Waals surface area contributed by atoms with Crippen LogP contribution in [0.2, 0.25) is 0 Å². The van der Waals surface area contributed by atoms with Gasteiger partial charge in [-0.25, -0.2) is 4.39 Å². The van der Waals surface area contributed by atoms with Crippen molar-refractivity contribution in [3.8, 4) is 0 Å². The van der Waals surface area contributed by atoms with Crippen molar-refractivity contribution >= 4 is 11.8 Å². The van der Waals surface area contributed by atoms with Crippen molar-refractivity contribution in [1.29, 1.82) is 0 Å². The van der Waals surface area contributed by atoms with Gasteiger partial charge in [0.15, 0.2) is 0 Å². The van der Waals surface area contributed by atoms with E-state index in [1.165, 1.54) is 6.07 Å². The van der Waals surface area contributed by atoms with Crippen LogP contribution in [0, 0.1) is 17.7 Å². The molecule has 2 fully saturated rings. The van der Waals surface area contributed by atoms with Gasteiger partial charge in [0.1, 0.15) is 5.82 Å². The van der Waals surface area contributed by atoms with Crippen LogP contribution in [0.5, 0.6) is 0 Å². The molecule has 1 aromatic rings. The molecule has 2 atom stereocenters. The molecule has 118 valence electrons. The van der Waals surface area contributed by atoms with Crippen LogP contribution in [0.4, 0.5) is 4.39 Å². The summed E-state index contributed by atoms with van der Waals surface area (Å²) in [6.45, 7) is 4.67. The van der Waals surface area contributed by atoms with Gasteiger partial charge in [0.25, 0.3) is 0 Å². The molecule has 0 saturated carbocycles. The summed E-state index contributed by atoms with van der Waals surface area (Å²) in [5, 5.41) is 0. The number of likely N-dealkylation sites (tertiary alicyclic amines) is 2. The maximum absolute atomic E-state index is 13.6. The fourth-order valence-corrected chi connectivity index (χ4v) is 3.53. The van der Waals surface area contributed by atoms with E-state index in [4.69, 9.17) is 0 Å². The molecule has 2 aliphatic heterocycles. The number of carbonyl (C=O) groups is 2. The number of benzene rings is 1. The molecule has 0 unspecified atom stereocenters. The quantitative estimate of drug-likeness (QED) is 0.849. The van der Waals surface area contributed by atoms with Gasteiger partial charge in [0, 0.05) is 38.5 Å². The summed E-state index contributed by atoms with van der Waals surface area (Å²) in [7, 11) is 0. The summed E-state index contributed by atoms with van der Waals surface area (Å²) in [5.41, 5.74) is 0.573. The lowest BCUT2D eigenvalue weighted by Crippen LogP contribution is -2.35. The highest BCUT2D eigenvalue weighted by molar-refractivity contribution is 5.84. The van der Waals surface area contributed by atoms with Crippen LogP contribution in [-0.4, -0.2) is 47.8 Å². The van der Waals surface area contributed by atoms with E-state index in [0.717, 1.165) is 13.1 Å². The number of amides is 2. The Balaban J connectivity index is 1.55. The fourth-order valence-electron chi connectivity index (χ4n) is 3.53. The SMILES string of the molecule is CCN1C[C@@H]2CN(C(=O)CCc3ccccc3F)C[C@@H]2C1=O. The zero-order chi connectivity index (χ0) is 15.7. The minimum atomic E-state index is -0.262. The first-order chi connectivity index (χ1) is 10.6. The van der Waals surface area contributed by atoms with Crippen molar-refractivity contribution in [3.63, 3.8) is 0 Å². The third-order valence-corrected chi connectivity index (χ3v) is 4.83. The van der Waals surface area contributed by atoms with Crippen molar-refractivity contribution in [2.45, 2.75) is 19.8 Å². The van der Waals surface area contributed by atoms with Crippen molar-refractivity contribution in [1.82, 2.24) is 9.80 Å². The summed E-state index contributed by atoms with van der Waals surface area (Å²) in [6, 6.07) is 6.55. The maximum atomic E-state index is 13.6. The van der Waals surface area contributed by atoms with Crippen LogP contribution in [-0.2, 0) is 16.0 Å². The van der Waals surface area contributed by atoms with Gasteiger partial charge in [-0.2, -0.15) is 0 Å². The average molecular weight is 304 g/mol. The highest BCUT2D eigenvalue weighted by Gasteiger charge is 2.46. The number of aryl methyl sites for hydroxylation is 1. The number of halogens is 1. The predicted molar refractivity (Wildman–Crippen MR) is 80.5 cm³/mol. The fraction of sp³-hybridized carbons (Fsp3) is 0.529. The van der Waals surface area contributed by atoms with Crippen LogP contribution in [0.25, 0.3) is 0 Å². The highest BCUT2D eigenvalue weighted by atomic mass is 19.1. The molecule has 4 nitrogen and oxygen atoms in total. The predicted octanol–water partition coefficient (Wildman–Crippen LogP) is 1.69. The Morgan fingerprint density at radius 3 is 2.73 bits per heavy atom. The van der Waals surface area contributed by atoms with E-state index < -0.39 is 0 Å². The molecule has 0 N–H and O–H groups in total. The van der Waals surface area contributed by atoms with E-state index >= 15 is 0 Å². The minimum Gasteiger partial charge on any atom is -0.342 e. The Morgan fingerprint density at radius 1 is 1.27 bits per heavy atom. The van der Waals surface area contributed by atoms with E-state index in [1.54, 1.807) is 23.1 Å². The molecular weight excluding hydrogens is 283 g/mol. The monoisotopic (exact) mass is 304 g/mol. The summed E-state index contributed by atoms with van der Waals surface area (Å²) in [6.07, 6.45) is 0.707. The first kappa shape index (κ1) is 15.0. The van der Waals surface area contributed by atoms with Gasteiger partial charge in [0.2, 0.25) is 11.8 Å². The van der Waals surface area contributed by atoms with E-state index in [9.17, 15) is 14.0 Å². The molecule has 2 amide bonds. The molecule has 5 heteroatoms. The van der Waals surface area contributed by atoms with Crippen LogP contribution in [0.3, 0.4) is 0 Å². The van der Waals surface area contributed by atoms with Crippen LogP contribution in [0.15, 0.2) is 24.3 Å². The molecule has 2 saturated heterocycles. The Morgan fingerprint density at radius 2 is 2.05 bits per heavy atom. The van der Waals surface area contributed by atoms with Crippen LogP contribution in [0.1, 0.15) is 18.9 Å². The average Bonchev–Trinajstić information content (AvgIpc) is 3.06. The van der Waals surface area contributed by atoms with E-state index in [2.05, 4.69) is 0 Å². The smallest absolute Gasteiger partial charge is 0.227 e. The zero-order valence-corrected chi connectivity index (χ0v) is 12.8. The number of carbonyl (C=O) groups excluding carboxylic acids is 2. The molecular formula is C17H21FN2O2. The Hall–Kier alpha value is -1.91. The number of rotatable bonds is 4. The van der Waals surface area contributed by atoms with E-state index in [0.29, 0.717) is 31.5 Å². The molecule has 0 spiro atoms. The van der Waals surface area contributed by atoms with Crippen molar-refractivity contribution in [2.75, 3.05) is 26.2 Å². The zero-order valence-electron chi connectivity index (χ0n) is 12.8. The van der Waals surface area contributed by atoms with Gasteiger partial charge in [0.05, 0.1) is 5.92 Å². The van der Waals surface area contributed by atoms with Gasteiger partial charge in [-0.15, -0.1) is 0 Å². The number of hydrogen-bond donors (Lipinski definition) is 0.